The third-order valence-corrected chi connectivity index (χ3v) is 3.96. The SMILES string of the molecule is CC(NC(=O)NC1CCCc2cn[nH]c21)c1ccncc1F. The van der Waals surface area contributed by atoms with Crippen molar-refractivity contribution in [1.29, 1.82) is 0 Å². The zero-order chi connectivity index (χ0) is 15.5. The highest BCUT2D eigenvalue weighted by Gasteiger charge is 2.24. The molecule has 2 amide bonds. The molecule has 2 heterocycles. The summed E-state index contributed by atoms with van der Waals surface area (Å²) in [5.41, 5.74) is 2.52. The van der Waals surface area contributed by atoms with Crippen molar-refractivity contribution < 1.29 is 9.18 Å². The van der Waals surface area contributed by atoms with Gasteiger partial charge in [-0.1, -0.05) is 0 Å². The van der Waals surface area contributed by atoms with Gasteiger partial charge in [-0.3, -0.25) is 10.1 Å². The lowest BCUT2D eigenvalue weighted by Crippen LogP contribution is -2.40. The van der Waals surface area contributed by atoms with E-state index in [1.807, 2.05) is 0 Å². The Bertz CT molecular complexity index is 671. The number of nitrogens with zero attached hydrogens (tertiary/aromatic N) is 2. The Morgan fingerprint density at radius 3 is 3.18 bits per heavy atom. The second-order valence-corrected chi connectivity index (χ2v) is 5.49. The molecule has 2 atom stereocenters. The number of rotatable bonds is 3. The fourth-order valence-corrected chi connectivity index (χ4v) is 2.82. The molecule has 116 valence electrons. The average molecular weight is 303 g/mol. The van der Waals surface area contributed by atoms with Crippen molar-refractivity contribution in [3.05, 3.63) is 47.3 Å². The topological polar surface area (TPSA) is 82.7 Å². The molecular formula is C15H18FN5O. The Kier molecular flexibility index (Phi) is 4.04. The molecule has 2 unspecified atom stereocenters. The quantitative estimate of drug-likeness (QED) is 0.814. The number of fused-ring (bicyclic) bond motifs is 1. The van der Waals surface area contributed by atoms with Gasteiger partial charge < -0.3 is 10.6 Å². The van der Waals surface area contributed by atoms with Crippen LogP contribution in [0.1, 0.15) is 48.7 Å². The molecule has 6 nitrogen and oxygen atoms in total. The van der Waals surface area contributed by atoms with E-state index in [0.29, 0.717) is 5.56 Å². The number of hydrogen-bond donors (Lipinski definition) is 3. The van der Waals surface area contributed by atoms with Crippen LogP contribution in [0.2, 0.25) is 0 Å². The number of hydrogen-bond acceptors (Lipinski definition) is 3. The maximum absolute atomic E-state index is 13.7. The summed E-state index contributed by atoms with van der Waals surface area (Å²) in [6, 6.07) is 0.721. The summed E-state index contributed by atoms with van der Waals surface area (Å²) in [5.74, 6) is -0.427. The molecule has 0 fully saturated rings. The molecule has 0 radical (unpaired) electrons. The summed E-state index contributed by atoms with van der Waals surface area (Å²) in [4.78, 5) is 15.8. The van der Waals surface area contributed by atoms with Gasteiger partial charge in [0.15, 0.2) is 0 Å². The van der Waals surface area contributed by atoms with Crippen LogP contribution in [-0.2, 0) is 6.42 Å². The number of aryl methyl sites for hydroxylation is 1. The van der Waals surface area contributed by atoms with Crippen molar-refractivity contribution in [1.82, 2.24) is 25.8 Å². The van der Waals surface area contributed by atoms with Gasteiger partial charge in [-0.2, -0.15) is 5.10 Å². The van der Waals surface area contributed by atoms with E-state index < -0.39 is 11.9 Å². The molecule has 0 aliphatic heterocycles. The van der Waals surface area contributed by atoms with Crippen LogP contribution in [0.25, 0.3) is 0 Å². The average Bonchev–Trinajstić information content (AvgIpc) is 2.97. The van der Waals surface area contributed by atoms with Crippen LogP contribution in [0.15, 0.2) is 24.7 Å². The molecule has 3 rings (SSSR count). The molecule has 2 aromatic heterocycles. The van der Waals surface area contributed by atoms with Gasteiger partial charge in [0.25, 0.3) is 0 Å². The van der Waals surface area contributed by atoms with Crippen molar-refractivity contribution in [2.75, 3.05) is 0 Å². The number of H-pyrrole nitrogens is 1. The summed E-state index contributed by atoms with van der Waals surface area (Å²) in [6.07, 6.45) is 7.29. The normalized spacial score (nSPS) is 18.4. The Labute approximate surface area is 127 Å². The lowest BCUT2D eigenvalue weighted by molar-refractivity contribution is 0.232. The first-order chi connectivity index (χ1) is 10.6. The summed E-state index contributed by atoms with van der Waals surface area (Å²) >= 11 is 0. The number of aromatic nitrogens is 3. The van der Waals surface area contributed by atoms with E-state index in [1.165, 1.54) is 6.20 Å². The molecule has 7 heteroatoms. The van der Waals surface area contributed by atoms with Crippen LogP contribution in [0.4, 0.5) is 9.18 Å². The van der Waals surface area contributed by atoms with Gasteiger partial charge in [0.05, 0.1) is 30.2 Å². The standard InChI is InChI=1S/C15H18FN5O/c1-9(11-5-6-17-8-12(11)16)19-15(22)20-13-4-2-3-10-7-18-21-14(10)13/h5-9,13H,2-4H2,1H3,(H,18,21)(H2,19,20,22). The zero-order valence-electron chi connectivity index (χ0n) is 12.3. The first kappa shape index (κ1) is 14.5. The highest BCUT2D eigenvalue weighted by Crippen LogP contribution is 2.27. The van der Waals surface area contributed by atoms with Gasteiger partial charge in [0, 0.05) is 11.8 Å². The molecule has 0 saturated carbocycles. The van der Waals surface area contributed by atoms with Crippen LogP contribution < -0.4 is 10.6 Å². The number of carbonyl (C=O) groups is 1. The van der Waals surface area contributed by atoms with Crippen molar-refractivity contribution >= 4 is 6.03 Å². The lowest BCUT2D eigenvalue weighted by atomic mass is 9.94. The first-order valence-electron chi connectivity index (χ1n) is 7.33. The maximum Gasteiger partial charge on any atom is 0.315 e. The molecule has 0 spiro atoms. The number of pyridine rings is 1. The van der Waals surface area contributed by atoms with E-state index in [2.05, 4.69) is 25.8 Å². The Balaban J connectivity index is 1.63. The Hall–Kier alpha value is -2.44. The van der Waals surface area contributed by atoms with Crippen LogP contribution in [0, 0.1) is 5.82 Å². The third-order valence-electron chi connectivity index (χ3n) is 3.96. The lowest BCUT2D eigenvalue weighted by Gasteiger charge is -2.24. The predicted molar refractivity (Wildman–Crippen MR) is 78.5 cm³/mol. The van der Waals surface area contributed by atoms with Crippen LogP contribution >= 0.6 is 0 Å². The molecule has 0 bridgehead atoms. The van der Waals surface area contributed by atoms with E-state index in [-0.39, 0.29) is 12.1 Å². The maximum atomic E-state index is 13.7. The summed E-state index contributed by atoms with van der Waals surface area (Å²) < 4.78 is 13.7. The third kappa shape index (κ3) is 2.93. The van der Waals surface area contributed by atoms with Gasteiger partial charge in [0.2, 0.25) is 0 Å². The molecule has 0 saturated heterocycles. The van der Waals surface area contributed by atoms with E-state index in [4.69, 9.17) is 0 Å². The Morgan fingerprint density at radius 2 is 2.36 bits per heavy atom. The van der Waals surface area contributed by atoms with Crippen molar-refractivity contribution in [3.63, 3.8) is 0 Å². The second-order valence-electron chi connectivity index (χ2n) is 5.49. The number of amides is 2. The Morgan fingerprint density at radius 1 is 1.50 bits per heavy atom. The highest BCUT2D eigenvalue weighted by atomic mass is 19.1. The number of aromatic amines is 1. The van der Waals surface area contributed by atoms with Gasteiger partial charge in [-0.25, -0.2) is 9.18 Å². The number of nitrogens with one attached hydrogen (secondary N) is 3. The van der Waals surface area contributed by atoms with Crippen LogP contribution in [-0.4, -0.2) is 21.2 Å². The van der Waals surface area contributed by atoms with Crippen molar-refractivity contribution in [3.8, 4) is 0 Å². The molecular weight excluding hydrogens is 285 g/mol. The summed E-state index contributed by atoms with van der Waals surface area (Å²) in [5, 5.41) is 12.7. The summed E-state index contributed by atoms with van der Waals surface area (Å²) in [7, 11) is 0. The highest BCUT2D eigenvalue weighted by molar-refractivity contribution is 5.75. The molecule has 0 aromatic carbocycles. The monoisotopic (exact) mass is 303 g/mol. The minimum absolute atomic E-state index is 0.0827. The van der Waals surface area contributed by atoms with E-state index in [0.717, 1.165) is 36.7 Å². The van der Waals surface area contributed by atoms with Crippen molar-refractivity contribution in [2.45, 2.75) is 38.3 Å². The van der Waals surface area contributed by atoms with Gasteiger partial charge in [-0.05, 0) is 37.8 Å². The molecule has 1 aliphatic carbocycles. The first-order valence-corrected chi connectivity index (χ1v) is 7.33. The molecule has 2 aromatic rings. The number of carbonyl (C=O) groups excluding carboxylic acids is 1. The van der Waals surface area contributed by atoms with Gasteiger partial charge in [0.1, 0.15) is 5.82 Å². The largest absolute Gasteiger partial charge is 0.332 e. The van der Waals surface area contributed by atoms with Gasteiger partial charge in [-0.15, -0.1) is 0 Å². The molecule has 3 N–H and O–H groups in total. The molecule has 1 aliphatic rings. The van der Waals surface area contributed by atoms with E-state index in [9.17, 15) is 9.18 Å². The zero-order valence-corrected chi connectivity index (χ0v) is 12.3. The predicted octanol–water partition coefficient (Wildman–Crippen LogP) is 2.38. The second kappa shape index (κ2) is 6.13. The molecule has 22 heavy (non-hydrogen) atoms. The van der Waals surface area contributed by atoms with E-state index >= 15 is 0 Å². The van der Waals surface area contributed by atoms with Crippen molar-refractivity contribution in [2.24, 2.45) is 0 Å². The smallest absolute Gasteiger partial charge is 0.315 e. The minimum Gasteiger partial charge on any atom is -0.332 e. The van der Waals surface area contributed by atoms with Crippen LogP contribution in [0.3, 0.4) is 0 Å². The van der Waals surface area contributed by atoms with Crippen LogP contribution in [0.5, 0.6) is 0 Å². The van der Waals surface area contributed by atoms with Gasteiger partial charge >= 0.3 is 6.03 Å². The fourth-order valence-electron chi connectivity index (χ4n) is 2.82. The number of halogens is 1. The summed E-state index contributed by atoms with van der Waals surface area (Å²) in [6.45, 7) is 1.74. The van der Waals surface area contributed by atoms with E-state index in [1.54, 1.807) is 19.2 Å². The number of urea groups is 1. The fraction of sp³-hybridized carbons (Fsp3) is 0.400. The minimum atomic E-state index is -0.437.